The lowest BCUT2D eigenvalue weighted by molar-refractivity contribution is -0.0507. The first-order valence-electron chi connectivity index (χ1n) is 13.7. The first-order valence-corrected chi connectivity index (χ1v) is 13.7. The Morgan fingerprint density at radius 2 is 1.84 bits per heavy atom. The number of alkyl halides is 2. The minimum absolute atomic E-state index is 0.100. The molecule has 4 aromatic rings. The average molecular weight is 595 g/mol. The molecule has 4 heterocycles. The first-order chi connectivity index (χ1) is 20.2. The van der Waals surface area contributed by atoms with Crippen molar-refractivity contribution in [1.82, 2.24) is 30.2 Å². The number of carbonyl (C=O) groups is 2. The molecule has 0 aliphatic carbocycles. The van der Waals surface area contributed by atoms with Gasteiger partial charge in [0, 0.05) is 40.7 Å². The average Bonchev–Trinajstić information content (AvgIpc) is 3.38. The molecule has 13 heteroatoms. The van der Waals surface area contributed by atoms with Crippen LogP contribution in [0.3, 0.4) is 0 Å². The summed E-state index contributed by atoms with van der Waals surface area (Å²) in [4.78, 5) is 38.7. The van der Waals surface area contributed by atoms with Crippen molar-refractivity contribution in [2.45, 2.75) is 70.9 Å². The van der Waals surface area contributed by atoms with E-state index in [2.05, 4.69) is 25.6 Å². The zero-order valence-electron chi connectivity index (χ0n) is 24.0. The van der Waals surface area contributed by atoms with Gasteiger partial charge in [-0.05, 0) is 59.2 Å². The number of hydrogen-bond donors (Lipinski definition) is 2. The molecule has 224 valence electrons. The summed E-state index contributed by atoms with van der Waals surface area (Å²) < 4.78 is 54.1. The molecular formula is C30H29F3N6O4. The van der Waals surface area contributed by atoms with Crippen molar-refractivity contribution in [3.05, 3.63) is 71.3 Å². The lowest BCUT2D eigenvalue weighted by Crippen LogP contribution is -2.44. The number of benzene rings is 2. The molecule has 2 N–H and O–H groups in total. The third-order valence-corrected chi connectivity index (χ3v) is 7.39. The van der Waals surface area contributed by atoms with Crippen LogP contribution in [0.5, 0.6) is 5.75 Å². The Labute approximate surface area is 244 Å². The second-order valence-electron chi connectivity index (χ2n) is 12.1. The highest BCUT2D eigenvalue weighted by molar-refractivity contribution is 5.98. The molecule has 2 aromatic heterocycles. The van der Waals surface area contributed by atoms with Crippen molar-refractivity contribution in [3.8, 4) is 16.9 Å². The summed E-state index contributed by atoms with van der Waals surface area (Å²) in [6.45, 7) is 5.62. The van der Waals surface area contributed by atoms with Crippen LogP contribution in [0.25, 0.3) is 22.2 Å². The van der Waals surface area contributed by atoms with Gasteiger partial charge in [0.25, 0.3) is 5.91 Å². The van der Waals surface area contributed by atoms with Gasteiger partial charge in [-0.2, -0.15) is 8.78 Å². The van der Waals surface area contributed by atoms with Gasteiger partial charge in [0.15, 0.2) is 5.82 Å². The van der Waals surface area contributed by atoms with Gasteiger partial charge < -0.3 is 24.7 Å². The topological polar surface area (TPSA) is 120 Å². The molecule has 0 saturated heterocycles. The number of nitrogens with one attached hydrogen (secondary N) is 2. The summed E-state index contributed by atoms with van der Waals surface area (Å²) in [6, 6.07) is 6.28. The second kappa shape index (κ2) is 9.96. The molecule has 0 radical (unpaired) electrons. The highest BCUT2D eigenvalue weighted by atomic mass is 19.3. The number of imidazole rings is 1. The second-order valence-corrected chi connectivity index (χ2v) is 12.1. The predicted octanol–water partition coefficient (Wildman–Crippen LogP) is 5.77. The van der Waals surface area contributed by atoms with Crippen molar-refractivity contribution in [3.63, 3.8) is 0 Å². The van der Waals surface area contributed by atoms with Gasteiger partial charge in [0.2, 0.25) is 0 Å². The molecule has 2 aliphatic rings. The van der Waals surface area contributed by atoms with Gasteiger partial charge in [0.1, 0.15) is 23.0 Å². The normalized spacial score (nSPS) is 17.7. The molecule has 2 bridgehead atoms. The van der Waals surface area contributed by atoms with E-state index in [0.29, 0.717) is 34.4 Å². The fraction of sp³-hybridized carbons (Fsp3) is 0.367. The monoisotopic (exact) mass is 594 g/mol. The number of halogens is 3. The molecular weight excluding hydrogens is 565 g/mol. The summed E-state index contributed by atoms with van der Waals surface area (Å²) in [5.74, 6) is -0.312. The zero-order chi connectivity index (χ0) is 30.8. The molecule has 2 aromatic carbocycles. The van der Waals surface area contributed by atoms with E-state index >= 15 is 4.39 Å². The van der Waals surface area contributed by atoms with Crippen molar-refractivity contribution in [2.24, 2.45) is 0 Å². The number of aromatic nitrogens is 4. The Kier molecular flexibility index (Phi) is 6.58. The number of alkyl carbamates (subject to hydrolysis) is 1. The van der Waals surface area contributed by atoms with Gasteiger partial charge in [-0.15, -0.1) is 0 Å². The lowest BCUT2D eigenvalue weighted by Gasteiger charge is -2.27. The number of amides is 2. The largest absolute Gasteiger partial charge is 0.444 e. The van der Waals surface area contributed by atoms with Crippen LogP contribution in [-0.2, 0) is 10.3 Å². The lowest BCUT2D eigenvalue weighted by atomic mass is 9.97. The summed E-state index contributed by atoms with van der Waals surface area (Å²) >= 11 is 0. The van der Waals surface area contributed by atoms with Crippen molar-refractivity contribution < 1.29 is 32.2 Å². The molecule has 2 aliphatic heterocycles. The van der Waals surface area contributed by atoms with E-state index in [1.807, 2.05) is 4.57 Å². The summed E-state index contributed by atoms with van der Waals surface area (Å²) in [6.07, 6.45) is 2.65. The molecule has 2 atom stereocenters. The van der Waals surface area contributed by atoms with Crippen LogP contribution in [0.15, 0.2) is 42.7 Å². The van der Waals surface area contributed by atoms with E-state index in [1.54, 1.807) is 46.8 Å². The predicted molar refractivity (Wildman–Crippen MR) is 149 cm³/mol. The van der Waals surface area contributed by atoms with Crippen LogP contribution in [0.1, 0.15) is 80.7 Å². The number of ether oxygens (including phenoxy) is 2. The van der Waals surface area contributed by atoms with Gasteiger partial charge in [-0.3, -0.25) is 4.79 Å². The van der Waals surface area contributed by atoms with Gasteiger partial charge in [-0.1, -0.05) is 6.07 Å². The zero-order valence-corrected chi connectivity index (χ0v) is 24.0. The highest BCUT2D eigenvalue weighted by Gasteiger charge is 2.42. The van der Waals surface area contributed by atoms with Crippen LogP contribution < -0.4 is 15.4 Å². The molecule has 0 fully saturated rings. The molecule has 0 unspecified atom stereocenters. The quantitative estimate of drug-likeness (QED) is 0.301. The van der Waals surface area contributed by atoms with Gasteiger partial charge >= 0.3 is 12.7 Å². The van der Waals surface area contributed by atoms with E-state index in [1.165, 1.54) is 30.6 Å². The third kappa shape index (κ3) is 5.12. The molecule has 0 spiro atoms. The summed E-state index contributed by atoms with van der Waals surface area (Å²) in [7, 11) is 0. The van der Waals surface area contributed by atoms with E-state index in [-0.39, 0.29) is 22.7 Å². The minimum Gasteiger partial charge on any atom is -0.444 e. The third-order valence-electron chi connectivity index (χ3n) is 7.39. The van der Waals surface area contributed by atoms with Crippen LogP contribution in [0.4, 0.5) is 18.0 Å². The molecule has 43 heavy (non-hydrogen) atoms. The summed E-state index contributed by atoms with van der Waals surface area (Å²) in [5, 5.41) is 5.66. The van der Waals surface area contributed by atoms with E-state index < -0.39 is 47.7 Å². The Hall–Kier alpha value is -4.68. The number of nitrogens with zero attached hydrogens (tertiary/aromatic N) is 4. The molecule has 6 rings (SSSR count). The smallest absolute Gasteiger partial charge is 0.408 e. The number of carbonyl (C=O) groups excluding carboxylic acids is 2. The number of hydrogen-bond acceptors (Lipinski definition) is 7. The Bertz CT molecular complexity index is 1760. The number of rotatable bonds is 5. The maximum absolute atomic E-state index is 15.5. The maximum atomic E-state index is 15.5. The fourth-order valence-electron chi connectivity index (χ4n) is 5.66. The molecule has 0 saturated carbocycles. The van der Waals surface area contributed by atoms with Crippen LogP contribution in [-0.4, -0.2) is 43.7 Å². The minimum atomic E-state index is -3.08. The number of fused-ring (bicyclic) bond motifs is 9. The van der Waals surface area contributed by atoms with Crippen LogP contribution in [0, 0.1) is 5.82 Å². The molecule has 2 amide bonds. The summed E-state index contributed by atoms with van der Waals surface area (Å²) in [5.41, 5.74) is 0.339. The van der Waals surface area contributed by atoms with E-state index in [0.717, 1.165) is 0 Å². The standard InChI is InChI=1S/C30H29F3N6O4/c1-29(2,3)43-28(41)38-30(4,5)26-34-12-14(13-35-26)16-9-20-18(10-17(16)31)36-24-19-11-21(39(20)24)23-15(25(40)37-19)7-6-8-22(23)42-27(32)33/h6-10,12-13,19,21,27H,11H2,1-5H3,(H,37,40)(H,38,41)/t19-,21-/m1/s1. The van der Waals surface area contributed by atoms with Crippen LogP contribution in [0.2, 0.25) is 0 Å². The first kappa shape index (κ1) is 28.4. The fourth-order valence-corrected chi connectivity index (χ4v) is 5.66. The van der Waals surface area contributed by atoms with Crippen LogP contribution >= 0.6 is 0 Å². The highest BCUT2D eigenvalue weighted by Crippen LogP contribution is 2.48. The van der Waals surface area contributed by atoms with Gasteiger partial charge in [-0.25, -0.2) is 24.1 Å². The maximum Gasteiger partial charge on any atom is 0.408 e. The molecule has 10 nitrogen and oxygen atoms in total. The van der Waals surface area contributed by atoms with Crippen molar-refractivity contribution in [1.29, 1.82) is 0 Å². The Morgan fingerprint density at radius 1 is 1.12 bits per heavy atom. The van der Waals surface area contributed by atoms with E-state index in [4.69, 9.17) is 9.47 Å². The van der Waals surface area contributed by atoms with Gasteiger partial charge in [0.05, 0.1) is 28.7 Å². The van der Waals surface area contributed by atoms with Crippen molar-refractivity contribution in [2.75, 3.05) is 0 Å². The van der Waals surface area contributed by atoms with E-state index in [9.17, 15) is 18.4 Å². The Balaban J connectivity index is 1.38. The SMILES string of the molecule is CC(C)(C)OC(=O)NC(C)(C)c1ncc(-c2cc3c(cc2F)nc2n3[C@@H]3C[C@H]2NC(=O)c2cccc(OC(F)F)c23)cn1. The van der Waals surface area contributed by atoms with Crippen molar-refractivity contribution >= 4 is 23.0 Å². The Morgan fingerprint density at radius 3 is 2.51 bits per heavy atom.